The Kier molecular flexibility index (Phi) is 5.99. The van der Waals surface area contributed by atoms with Crippen LogP contribution >= 0.6 is 11.6 Å². The Hall–Kier alpha value is -3.32. The summed E-state index contributed by atoms with van der Waals surface area (Å²) >= 11 is 6.07. The average molecular weight is 423 g/mol. The number of carbonyl (C=O) groups is 1. The summed E-state index contributed by atoms with van der Waals surface area (Å²) in [6.07, 6.45) is 2.40. The molecule has 2 amide bonds. The second kappa shape index (κ2) is 9.00. The third kappa shape index (κ3) is 4.99. The number of nitrogens with one attached hydrogen (secondary N) is 3. The van der Waals surface area contributed by atoms with E-state index in [9.17, 15) is 4.79 Å². The first-order valence-electron chi connectivity index (χ1n) is 9.87. The lowest BCUT2D eigenvalue weighted by atomic mass is 10.2. The van der Waals surface area contributed by atoms with Gasteiger partial charge in [-0.05, 0) is 56.2 Å². The Morgan fingerprint density at radius 3 is 2.40 bits per heavy atom. The van der Waals surface area contributed by atoms with Gasteiger partial charge >= 0.3 is 6.03 Å². The summed E-state index contributed by atoms with van der Waals surface area (Å²) in [5.41, 5.74) is 2.10. The SMILES string of the molecule is Cc1nc(Nc2ccc(NC(=O)Nc3ccccc3Cl)cc2)cc(N2CCCC2)n1. The van der Waals surface area contributed by atoms with Crippen molar-refractivity contribution >= 4 is 46.3 Å². The molecule has 1 aliphatic rings. The number of benzene rings is 2. The van der Waals surface area contributed by atoms with Gasteiger partial charge in [-0.2, -0.15) is 0 Å². The summed E-state index contributed by atoms with van der Waals surface area (Å²) in [7, 11) is 0. The van der Waals surface area contributed by atoms with E-state index in [2.05, 4.69) is 30.8 Å². The number of carbonyl (C=O) groups excluding carboxylic acids is 1. The summed E-state index contributed by atoms with van der Waals surface area (Å²) in [4.78, 5) is 23.5. The van der Waals surface area contributed by atoms with E-state index in [1.165, 1.54) is 12.8 Å². The lowest BCUT2D eigenvalue weighted by Crippen LogP contribution is -2.20. The number of nitrogens with zero attached hydrogens (tertiary/aromatic N) is 3. The average Bonchev–Trinajstić information content (AvgIpc) is 3.26. The predicted molar refractivity (Wildman–Crippen MR) is 122 cm³/mol. The summed E-state index contributed by atoms with van der Waals surface area (Å²) in [5, 5.41) is 9.33. The highest BCUT2D eigenvalue weighted by molar-refractivity contribution is 6.33. The second-order valence-corrected chi connectivity index (χ2v) is 7.52. The van der Waals surface area contributed by atoms with E-state index in [0.717, 1.165) is 36.2 Å². The van der Waals surface area contributed by atoms with Gasteiger partial charge in [0.05, 0.1) is 10.7 Å². The molecule has 2 heterocycles. The molecule has 0 bridgehead atoms. The van der Waals surface area contributed by atoms with Gasteiger partial charge < -0.3 is 20.9 Å². The fraction of sp³-hybridized carbons (Fsp3) is 0.227. The number of urea groups is 1. The number of para-hydroxylation sites is 1. The minimum Gasteiger partial charge on any atom is -0.356 e. The molecule has 0 spiro atoms. The number of anilines is 5. The van der Waals surface area contributed by atoms with E-state index in [4.69, 9.17) is 11.6 Å². The van der Waals surface area contributed by atoms with E-state index in [0.29, 0.717) is 16.4 Å². The lowest BCUT2D eigenvalue weighted by molar-refractivity contribution is 0.262. The van der Waals surface area contributed by atoms with Crippen LogP contribution in [0.4, 0.5) is 33.5 Å². The van der Waals surface area contributed by atoms with Gasteiger partial charge in [0.1, 0.15) is 17.5 Å². The Morgan fingerprint density at radius 2 is 1.67 bits per heavy atom. The summed E-state index contributed by atoms with van der Waals surface area (Å²) in [6.45, 7) is 3.97. The monoisotopic (exact) mass is 422 g/mol. The largest absolute Gasteiger partial charge is 0.356 e. The van der Waals surface area contributed by atoms with Gasteiger partial charge in [-0.3, -0.25) is 0 Å². The van der Waals surface area contributed by atoms with E-state index < -0.39 is 0 Å². The van der Waals surface area contributed by atoms with Crippen LogP contribution in [0.3, 0.4) is 0 Å². The van der Waals surface area contributed by atoms with E-state index in [1.54, 1.807) is 12.1 Å². The molecule has 0 aliphatic carbocycles. The second-order valence-electron chi connectivity index (χ2n) is 7.11. The van der Waals surface area contributed by atoms with Crippen LogP contribution in [0.2, 0.25) is 5.02 Å². The molecular weight excluding hydrogens is 400 g/mol. The van der Waals surface area contributed by atoms with Crippen molar-refractivity contribution in [2.45, 2.75) is 19.8 Å². The molecule has 30 heavy (non-hydrogen) atoms. The zero-order valence-electron chi connectivity index (χ0n) is 16.7. The Balaban J connectivity index is 1.39. The zero-order chi connectivity index (χ0) is 20.9. The third-order valence-electron chi connectivity index (χ3n) is 4.79. The van der Waals surface area contributed by atoms with Crippen LogP contribution in [0, 0.1) is 6.92 Å². The number of hydrogen-bond acceptors (Lipinski definition) is 5. The highest BCUT2D eigenvalue weighted by Gasteiger charge is 2.15. The van der Waals surface area contributed by atoms with Crippen molar-refractivity contribution in [3.05, 3.63) is 65.4 Å². The molecule has 1 aliphatic heterocycles. The molecule has 3 N–H and O–H groups in total. The molecule has 154 valence electrons. The maximum absolute atomic E-state index is 12.2. The van der Waals surface area contributed by atoms with Crippen molar-refractivity contribution < 1.29 is 4.79 Å². The molecule has 8 heteroatoms. The van der Waals surface area contributed by atoms with Gasteiger partial charge in [-0.1, -0.05) is 23.7 Å². The van der Waals surface area contributed by atoms with Crippen molar-refractivity contribution in [2.75, 3.05) is 33.9 Å². The standard InChI is InChI=1S/C22H23ClN6O/c1-15-24-20(14-21(25-15)29-12-4-5-13-29)26-16-8-10-17(11-9-16)27-22(30)28-19-7-3-2-6-18(19)23/h2-3,6-11,14H,4-5,12-13H2,1H3,(H,24,25,26)(H2,27,28,30). The molecule has 1 saturated heterocycles. The maximum Gasteiger partial charge on any atom is 0.323 e. The van der Waals surface area contributed by atoms with Crippen LogP contribution in [0.15, 0.2) is 54.6 Å². The molecule has 0 unspecified atom stereocenters. The Labute approximate surface area is 180 Å². The molecule has 2 aromatic carbocycles. The van der Waals surface area contributed by atoms with Crippen LogP contribution in [-0.2, 0) is 0 Å². The zero-order valence-corrected chi connectivity index (χ0v) is 17.4. The number of amides is 2. The molecule has 7 nitrogen and oxygen atoms in total. The van der Waals surface area contributed by atoms with Gasteiger partial charge in [-0.25, -0.2) is 14.8 Å². The topological polar surface area (TPSA) is 82.2 Å². The summed E-state index contributed by atoms with van der Waals surface area (Å²) in [6, 6.07) is 16.1. The predicted octanol–water partition coefficient (Wildman–Crippen LogP) is 5.43. The highest BCUT2D eigenvalue weighted by Crippen LogP contribution is 2.24. The van der Waals surface area contributed by atoms with Crippen molar-refractivity contribution in [3.63, 3.8) is 0 Å². The first-order valence-corrected chi connectivity index (χ1v) is 10.2. The van der Waals surface area contributed by atoms with Gasteiger partial charge in [-0.15, -0.1) is 0 Å². The lowest BCUT2D eigenvalue weighted by Gasteiger charge is -2.18. The van der Waals surface area contributed by atoms with Crippen LogP contribution in [0.1, 0.15) is 18.7 Å². The van der Waals surface area contributed by atoms with Crippen molar-refractivity contribution in [3.8, 4) is 0 Å². The first kappa shape index (κ1) is 20.0. The molecule has 1 aromatic heterocycles. The minimum absolute atomic E-state index is 0.356. The maximum atomic E-state index is 12.2. The number of hydrogen-bond donors (Lipinski definition) is 3. The number of halogens is 1. The first-order chi connectivity index (χ1) is 14.6. The van der Waals surface area contributed by atoms with E-state index >= 15 is 0 Å². The molecule has 1 fully saturated rings. The Morgan fingerprint density at radius 1 is 0.967 bits per heavy atom. The molecular formula is C22H23ClN6O. The van der Waals surface area contributed by atoms with Crippen LogP contribution in [0.25, 0.3) is 0 Å². The van der Waals surface area contributed by atoms with Crippen LogP contribution < -0.4 is 20.9 Å². The van der Waals surface area contributed by atoms with Gasteiger partial charge in [0.25, 0.3) is 0 Å². The smallest absolute Gasteiger partial charge is 0.323 e. The van der Waals surface area contributed by atoms with Crippen molar-refractivity contribution in [2.24, 2.45) is 0 Å². The molecule has 0 radical (unpaired) electrons. The van der Waals surface area contributed by atoms with Crippen LogP contribution in [0.5, 0.6) is 0 Å². The fourth-order valence-electron chi connectivity index (χ4n) is 3.36. The van der Waals surface area contributed by atoms with E-state index in [1.807, 2.05) is 49.4 Å². The highest BCUT2D eigenvalue weighted by atomic mass is 35.5. The molecule has 0 saturated carbocycles. The van der Waals surface area contributed by atoms with Crippen molar-refractivity contribution in [1.82, 2.24) is 9.97 Å². The number of aromatic nitrogens is 2. The molecule has 0 atom stereocenters. The van der Waals surface area contributed by atoms with Gasteiger partial charge in [0, 0.05) is 30.5 Å². The molecule has 3 aromatic rings. The quantitative estimate of drug-likeness (QED) is 0.511. The van der Waals surface area contributed by atoms with Crippen LogP contribution in [-0.4, -0.2) is 29.1 Å². The van der Waals surface area contributed by atoms with E-state index in [-0.39, 0.29) is 6.03 Å². The molecule has 4 rings (SSSR count). The normalized spacial score (nSPS) is 13.2. The fourth-order valence-corrected chi connectivity index (χ4v) is 3.54. The van der Waals surface area contributed by atoms with Crippen molar-refractivity contribution in [1.29, 1.82) is 0 Å². The summed E-state index contributed by atoms with van der Waals surface area (Å²) < 4.78 is 0. The minimum atomic E-state index is -0.356. The van der Waals surface area contributed by atoms with Gasteiger partial charge in [0.2, 0.25) is 0 Å². The summed E-state index contributed by atoms with van der Waals surface area (Å²) in [5.74, 6) is 2.44. The third-order valence-corrected chi connectivity index (χ3v) is 5.12. The van der Waals surface area contributed by atoms with Gasteiger partial charge in [0.15, 0.2) is 0 Å². The Bertz CT molecular complexity index is 1030. The number of rotatable bonds is 5. The number of aryl methyl sites for hydroxylation is 1.